The summed E-state index contributed by atoms with van der Waals surface area (Å²) in [5.41, 5.74) is 8.54. The highest BCUT2D eigenvalue weighted by Crippen LogP contribution is 2.42. The van der Waals surface area contributed by atoms with E-state index in [0.29, 0.717) is 33.1 Å². The van der Waals surface area contributed by atoms with Crippen molar-refractivity contribution in [1.29, 1.82) is 0 Å². The number of allylic oxidation sites excluding steroid dienone is 2. The van der Waals surface area contributed by atoms with Gasteiger partial charge in [0, 0.05) is 44.9 Å². The summed E-state index contributed by atoms with van der Waals surface area (Å²) in [4.78, 5) is 27.7. The fourth-order valence-electron chi connectivity index (χ4n) is 4.90. The molecule has 5 nitrogen and oxygen atoms in total. The van der Waals surface area contributed by atoms with Gasteiger partial charge in [0.15, 0.2) is 0 Å². The summed E-state index contributed by atoms with van der Waals surface area (Å²) in [6, 6.07) is 19.1. The number of nitrogens with one attached hydrogen (secondary N) is 3. The number of hydrogen-bond donors (Lipinski definition) is 3. The molecule has 1 heterocycles. The molecule has 0 saturated heterocycles. The normalized spacial score (nSPS) is 13.9. The Balaban J connectivity index is 1.79. The van der Waals surface area contributed by atoms with E-state index < -0.39 is 5.92 Å². The lowest BCUT2D eigenvalue weighted by Gasteiger charge is -2.32. The van der Waals surface area contributed by atoms with Crippen molar-refractivity contribution in [3.05, 3.63) is 116 Å². The zero-order valence-corrected chi connectivity index (χ0v) is 22.8. The number of amides is 2. The maximum Gasteiger partial charge on any atom is 0.254 e. The van der Waals surface area contributed by atoms with Gasteiger partial charge in [-0.1, -0.05) is 65.2 Å². The van der Waals surface area contributed by atoms with Crippen molar-refractivity contribution in [3.63, 3.8) is 0 Å². The van der Waals surface area contributed by atoms with Gasteiger partial charge in [-0.25, -0.2) is 0 Å². The molecule has 0 atom stereocenters. The lowest BCUT2D eigenvalue weighted by Crippen LogP contribution is -2.35. The molecule has 1 aliphatic rings. The molecule has 4 rings (SSSR count). The number of aryl methyl sites for hydroxylation is 4. The van der Waals surface area contributed by atoms with Crippen molar-refractivity contribution in [2.45, 2.75) is 47.5 Å². The van der Waals surface area contributed by atoms with Crippen molar-refractivity contribution >= 4 is 34.8 Å². The zero-order valence-electron chi connectivity index (χ0n) is 22.0. The second-order valence-electron chi connectivity index (χ2n) is 9.70. The quantitative estimate of drug-likeness (QED) is 0.341. The molecule has 0 spiro atoms. The molecule has 3 aromatic carbocycles. The fraction of sp³-hybridized carbons (Fsp3) is 0.226. The first-order valence-electron chi connectivity index (χ1n) is 12.3. The van der Waals surface area contributed by atoms with Crippen LogP contribution in [0.2, 0.25) is 5.02 Å². The van der Waals surface area contributed by atoms with E-state index in [0.717, 1.165) is 33.6 Å². The molecule has 1 aliphatic heterocycles. The minimum absolute atomic E-state index is 0.286. The smallest absolute Gasteiger partial charge is 0.254 e. The van der Waals surface area contributed by atoms with E-state index in [1.807, 2.05) is 96.1 Å². The highest BCUT2D eigenvalue weighted by atomic mass is 35.5. The van der Waals surface area contributed by atoms with Gasteiger partial charge in [0.1, 0.15) is 0 Å². The van der Waals surface area contributed by atoms with Gasteiger partial charge in [-0.3, -0.25) is 9.59 Å². The fourth-order valence-corrected chi connectivity index (χ4v) is 5.15. The van der Waals surface area contributed by atoms with E-state index in [2.05, 4.69) is 16.0 Å². The van der Waals surface area contributed by atoms with Crippen LogP contribution < -0.4 is 16.0 Å². The molecular weight excluding hydrogens is 482 g/mol. The summed E-state index contributed by atoms with van der Waals surface area (Å²) >= 11 is 6.67. The van der Waals surface area contributed by atoms with E-state index in [4.69, 9.17) is 11.6 Å². The molecule has 37 heavy (non-hydrogen) atoms. The van der Waals surface area contributed by atoms with Crippen molar-refractivity contribution in [1.82, 2.24) is 5.32 Å². The molecule has 3 N–H and O–H groups in total. The number of benzene rings is 3. The predicted molar refractivity (Wildman–Crippen MR) is 152 cm³/mol. The Hall–Kier alpha value is -3.83. The van der Waals surface area contributed by atoms with E-state index >= 15 is 0 Å². The van der Waals surface area contributed by atoms with Crippen LogP contribution in [0.5, 0.6) is 0 Å². The molecule has 0 saturated carbocycles. The lowest BCUT2D eigenvalue weighted by atomic mass is 9.79. The van der Waals surface area contributed by atoms with Crippen LogP contribution in [-0.2, 0) is 9.59 Å². The third kappa shape index (κ3) is 5.47. The summed E-state index contributed by atoms with van der Waals surface area (Å²) in [7, 11) is 0. The first kappa shape index (κ1) is 26.2. The molecule has 0 aromatic heterocycles. The molecule has 0 bridgehead atoms. The van der Waals surface area contributed by atoms with Crippen molar-refractivity contribution < 1.29 is 9.59 Å². The summed E-state index contributed by atoms with van der Waals surface area (Å²) in [6.07, 6.45) is 0. The number of hydrogen-bond acceptors (Lipinski definition) is 3. The van der Waals surface area contributed by atoms with Gasteiger partial charge >= 0.3 is 0 Å². The molecule has 2 amide bonds. The average molecular weight is 514 g/mol. The van der Waals surface area contributed by atoms with Crippen LogP contribution in [-0.4, -0.2) is 11.8 Å². The van der Waals surface area contributed by atoms with Crippen LogP contribution in [0.3, 0.4) is 0 Å². The number of carbonyl (C=O) groups is 2. The van der Waals surface area contributed by atoms with Crippen LogP contribution in [0.25, 0.3) is 0 Å². The molecule has 190 valence electrons. The summed E-state index contributed by atoms with van der Waals surface area (Å²) in [5.74, 6) is -1.23. The predicted octanol–water partition coefficient (Wildman–Crippen LogP) is 7.09. The number of halogens is 1. The Labute approximate surface area is 223 Å². The number of carbonyl (C=O) groups excluding carboxylic acids is 2. The molecule has 0 fully saturated rings. The maximum absolute atomic E-state index is 13.8. The molecule has 0 radical (unpaired) electrons. The van der Waals surface area contributed by atoms with E-state index in [9.17, 15) is 9.59 Å². The van der Waals surface area contributed by atoms with Crippen LogP contribution in [0.15, 0.2) is 83.2 Å². The maximum atomic E-state index is 13.8. The van der Waals surface area contributed by atoms with Crippen LogP contribution in [0.4, 0.5) is 11.4 Å². The van der Waals surface area contributed by atoms with Crippen molar-refractivity contribution in [3.8, 4) is 0 Å². The molecular formula is C31H32ClN3O2. The number of anilines is 2. The monoisotopic (exact) mass is 513 g/mol. The summed E-state index contributed by atoms with van der Waals surface area (Å²) < 4.78 is 0. The standard InChI is InChI=1S/C31H32ClN3O2/c1-17-11-13-25(19(3)15-17)34-30(36)27-21(5)33-22(6)28(29(27)23-9-7-8-10-24(23)32)31(37)35-26-14-12-18(2)16-20(26)4/h7-16,29,33H,1-6H3,(H,34,36)(H,35,37). The highest BCUT2D eigenvalue weighted by molar-refractivity contribution is 6.31. The number of rotatable bonds is 5. The first-order valence-corrected chi connectivity index (χ1v) is 12.6. The SMILES string of the molecule is CC1=C(C(=O)Nc2ccc(C)cc2C)C(c2ccccc2Cl)C(C(=O)Nc2ccc(C)cc2C)=C(C)N1. The van der Waals surface area contributed by atoms with Gasteiger partial charge in [-0.2, -0.15) is 0 Å². The minimum Gasteiger partial charge on any atom is -0.362 e. The molecule has 0 aliphatic carbocycles. The Kier molecular flexibility index (Phi) is 7.55. The Morgan fingerprint density at radius 2 is 1.16 bits per heavy atom. The first-order chi connectivity index (χ1) is 17.6. The van der Waals surface area contributed by atoms with Gasteiger partial charge in [0.05, 0.1) is 0 Å². The van der Waals surface area contributed by atoms with E-state index in [1.165, 1.54) is 0 Å². The van der Waals surface area contributed by atoms with Gasteiger partial charge < -0.3 is 16.0 Å². The minimum atomic E-state index is -0.661. The Morgan fingerprint density at radius 3 is 1.59 bits per heavy atom. The highest BCUT2D eigenvalue weighted by Gasteiger charge is 2.37. The van der Waals surface area contributed by atoms with Gasteiger partial charge in [-0.15, -0.1) is 0 Å². The summed E-state index contributed by atoms with van der Waals surface area (Å²) in [5, 5.41) is 9.89. The summed E-state index contributed by atoms with van der Waals surface area (Å²) in [6.45, 7) is 11.6. The lowest BCUT2D eigenvalue weighted by molar-refractivity contribution is -0.113. The van der Waals surface area contributed by atoms with Gasteiger partial charge in [0.2, 0.25) is 0 Å². The van der Waals surface area contributed by atoms with Crippen molar-refractivity contribution in [2.24, 2.45) is 0 Å². The molecule has 0 unspecified atom stereocenters. The number of dihydropyridines is 1. The average Bonchev–Trinajstić information content (AvgIpc) is 2.82. The van der Waals surface area contributed by atoms with E-state index in [-0.39, 0.29) is 11.8 Å². The Bertz CT molecular complexity index is 1380. The molecule has 3 aromatic rings. The third-order valence-corrected chi connectivity index (χ3v) is 7.07. The van der Waals surface area contributed by atoms with Gasteiger partial charge in [0.25, 0.3) is 11.8 Å². The van der Waals surface area contributed by atoms with Crippen LogP contribution in [0, 0.1) is 27.7 Å². The molecule has 6 heteroatoms. The second-order valence-corrected chi connectivity index (χ2v) is 10.1. The van der Waals surface area contributed by atoms with Crippen LogP contribution in [0.1, 0.15) is 47.6 Å². The third-order valence-electron chi connectivity index (χ3n) is 6.73. The topological polar surface area (TPSA) is 70.2 Å². The second kappa shape index (κ2) is 10.7. The van der Waals surface area contributed by atoms with Crippen LogP contribution >= 0.6 is 11.6 Å². The zero-order chi connectivity index (χ0) is 26.9. The van der Waals surface area contributed by atoms with E-state index in [1.54, 1.807) is 6.07 Å². The van der Waals surface area contributed by atoms with Gasteiger partial charge in [-0.05, 0) is 76.4 Å². The van der Waals surface area contributed by atoms with Crippen molar-refractivity contribution in [2.75, 3.05) is 10.6 Å². The Morgan fingerprint density at radius 1 is 0.703 bits per heavy atom. The largest absolute Gasteiger partial charge is 0.362 e.